The quantitative estimate of drug-likeness (QED) is 0.593. The number of hydrogen-bond donors (Lipinski definition) is 0. The molecule has 0 fully saturated rings. The van der Waals surface area contributed by atoms with E-state index in [9.17, 15) is 4.79 Å². The van der Waals surface area contributed by atoms with Crippen molar-refractivity contribution >= 4 is 17.7 Å². The number of benzene rings is 3. The predicted molar refractivity (Wildman–Crippen MR) is 106 cm³/mol. The minimum Gasteiger partial charge on any atom is -0.489 e. The Labute approximate surface area is 154 Å². The Hall–Kier alpha value is -3.33. The van der Waals surface area contributed by atoms with Gasteiger partial charge in [-0.25, -0.2) is 0 Å². The minimum absolute atomic E-state index is 0.0689. The molecule has 0 saturated heterocycles. The van der Waals surface area contributed by atoms with E-state index in [1.165, 1.54) is 0 Å². The lowest BCUT2D eigenvalue weighted by molar-refractivity contribution is -0.113. The maximum Gasteiger partial charge on any atom is 0.250 e. The summed E-state index contributed by atoms with van der Waals surface area (Å²) in [6, 6.07) is 27.3. The second-order valence-electron chi connectivity index (χ2n) is 5.91. The molecule has 0 aliphatic carbocycles. The highest BCUT2D eigenvalue weighted by atomic mass is 16.5. The van der Waals surface area contributed by atoms with Crippen LogP contribution in [0.4, 0.5) is 5.69 Å². The Kier molecular flexibility index (Phi) is 5.84. The van der Waals surface area contributed by atoms with Gasteiger partial charge in [0.25, 0.3) is 5.91 Å². The summed E-state index contributed by atoms with van der Waals surface area (Å²) in [5.74, 6) is 0.735. The zero-order valence-corrected chi connectivity index (χ0v) is 14.7. The standard InChI is InChI=1S/C23H21NO2/c1-24(21-10-6-3-7-11-21)23(25)17-14-19-12-15-22(16-13-19)26-18-20-8-4-2-5-9-20/h2-17H,18H2,1H3/b17-14+. The lowest BCUT2D eigenvalue weighted by atomic mass is 10.2. The van der Waals surface area contributed by atoms with E-state index in [0.29, 0.717) is 6.61 Å². The van der Waals surface area contributed by atoms with Crippen LogP contribution in [-0.4, -0.2) is 13.0 Å². The van der Waals surface area contributed by atoms with Crippen molar-refractivity contribution < 1.29 is 9.53 Å². The number of ether oxygens (including phenoxy) is 1. The number of carbonyl (C=O) groups excluding carboxylic acids is 1. The first kappa shape index (κ1) is 17.5. The van der Waals surface area contributed by atoms with Crippen molar-refractivity contribution in [2.75, 3.05) is 11.9 Å². The van der Waals surface area contributed by atoms with E-state index in [4.69, 9.17) is 4.74 Å². The normalized spacial score (nSPS) is 10.7. The van der Waals surface area contributed by atoms with E-state index in [-0.39, 0.29) is 5.91 Å². The van der Waals surface area contributed by atoms with Crippen LogP contribution in [0.5, 0.6) is 5.75 Å². The van der Waals surface area contributed by atoms with E-state index in [0.717, 1.165) is 22.6 Å². The molecule has 3 heteroatoms. The summed E-state index contributed by atoms with van der Waals surface area (Å²) in [5.41, 5.74) is 2.95. The fourth-order valence-corrected chi connectivity index (χ4v) is 2.47. The Morgan fingerprint density at radius 2 is 1.50 bits per heavy atom. The SMILES string of the molecule is CN(C(=O)/C=C/c1ccc(OCc2ccccc2)cc1)c1ccccc1. The summed E-state index contributed by atoms with van der Waals surface area (Å²) < 4.78 is 5.77. The maximum atomic E-state index is 12.3. The van der Waals surface area contributed by atoms with Gasteiger partial charge in [0.05, 0.1) is 0 Å². The molecule has 3 rings (SSSR count). The maximum absolute atomic E-state index is 12.3. The minimum atomic E-state index is -0.0689. The van der Waals surface area contributed by atoms with Gasteiger partial charge in [0, 0.05) is 18.8 Å². The molecule has 26 heavy (non-hydrogen) atoms. The molecule has 0 unspecified atom stereocenters. The van der Waals surface area contributed by atoms with E-state index in [1.54, 1.807) is 18.0 Å². The van der Waals surface area contributed by atoms with E-state index < -0.39 is 0 Å². The Morgan fingerprint density at radius 1 is 0.885 bits per heavy atom. The smallest absolute Gasteiger partial charge is 0.250 e. The zero-order valence-electron chi connectivity index (χ0n) is 14.7. The Morgan fingerprint density at radius 3 is 2.15 bits per heavy atom. The third-order valence-electron chi connectivity index (χ3n) is 4.02. The van der Waals surface area contributed by atoms with Crippen LogP contribution in [-0.2, 0) is 11.4 Å². The number of nitrogens with zero attached hydrogens (tertiary/aromatic N) is 1. The lowest BCUT2D eigenvalue weighted by Crippen LogP contribution is -2.23. The Balaban J connectivity index is 1.56. The van der Waals surface area contributed by atoms with Crippen LogP contribution in [0.3, 0.4) is 0 Å². The number of likely N-dealkylation sites (N-methyl/N-ethyl adjacent to an activating group) is 1. The average Bonchev–Trinajstić information content (AvgIpc) is 2.72. The molecule has 0 N–H and O–H groups in total. The van der Waals surface area contributed by atoms with Crippen molar-refractivity contribution in [1.29, 1.82) is 0 Å². The van der Waals surface area contributed by atoms with Gasteiger partial charge < -0.3 is 9.64 Å². The van der Waals surface area contributed by atoms with Crippen LogP contribution < -0.4 is 9.64 Å². The van der Waals surface area contributed by atoms with Gasteiger partial charge in [-0.15, -0.1) is 0 Å². The zero-order chi connectivity index (χ0) is 18.2. The van der Waals surface area contributed by atoms with Crippen molar-refractivity contribution in [2.24, 2.45) is 0 Å². The topological polar surface area (TPSA) is 29.5 Å². The van der Waals surface area contributed by atoms with Gasteiger partial charge in [0.2, 0.25) is 0 Å². The van der Waals surface area contributed by atoms with Crippen molar-refractivity contribution in [3.05, 3.63) is 102 Å². The molecule has 0 bridgehead atoms. The first-order chi connectivity index (χ1) is 12.7. The van der Waals surface area contributed by atoms with Crippen molar-refractivity contribution in [1.82, 2.24) is 0 Å². The largest absolute Gasteiger partial charge is 0.489 e. The number of carbonyl (C=O) groups is 1. The molecule has 1 amide bonds. The summed E-state index contributed by atoms with van der Waals surface area (Å²) in [7, 11) is 1.77. The summed E-state index contributed by atoms with van der Waals surface area (Å²) in [5, 5.41) is 0. The molecule has 3 aromatic carbocycles. The van der Waals surface area contributed by atoms with E-state index in [1.807, 2.05) is 91.0 Å². The number of hydrogen-bond acceptors (Lipinski definition) is 2. The van der Waals surface area contributed by atoms with Gasteiger partial charge in [0.1, 0.15) is 12.4 Å². The molecule has 0 heterocycles. The van der Waals surface area contributed by atoms with Crippen molar-refractivity contribution in [3.8, 4) is 5.75 Å². The summed E-state index contributed by atoms with van der Waals surface area (Å²) in [6.07, 6.45) is 3.38. The van der Waals surface area contributed by atoms with Crippen LogP contribution in [0.2, 0.25) is 0 Å². The molecular weight excluding hydrogens is 322 g/mol. The highest BCUT2D eigenvalue weighted by Crippen LogP contribution is 2.16. The molecule has 3 aromatic rings. The average molecular weight is 343 g/mol. The fraction of sp³-hybridized carbons (Fsp3) is 0.0870. The van der Waals surface area contributed by atoms with Gasteiger partial charge in [-0.3, -0.25) is 4.79 Å². The molecule has 0 aliphatic rings. The first-order valence-electron chi connectivity index (χ1n) is 8.50. The molecule has 0 spiro atoms. The summed E-state index contributed by atoms with van der Waals surface area (Å²) >= 11 is 0. The van der Waals surface area contributed by atoms with Gasteiger partial charge in [-0.05, 0) is 41.5 Å². The van der Waals surface area contributed by atoms with Crippen molar-refractivity contribution in [2.45, 2.75) is 6.61 Å². The summed E-state index contributed by atoms with van der Waals surface area (Å²) in [4.78, 5) is 13.9. The van der Waals surface area contributed by atoms with Gasteiger partial charge in [-0.2, -0.15) is 0 Å². The number of para-hydroxylation sites is 1. The fourth-order valence-electron chi connectivity index (χ4n) is 2.47. The lowest BCUT2D eigenvalue weighted by Gasteiger charge is -2.14. The molecular formula is C23H21NO2. The third-order valence-corrected chi connectivity index (χ3v) is 4.02. The van der Waals surface area contributed by atoms with Gasteiger partial charge >= 0.3 is 0 Å². The molecule has 0 radical (unpaired) electrons. The van der Waals surface area contributed by atoms with E-state index >= 15 is 0 Å². The molecule has 0 aromatic heterocycles. The molecule has 0 aliphatic heterocycles. The van der Waals surface area contributed by atoms with Crippen LogP contribution in [0.25, 0.3) is 6.08 Å². The first-order valence-corrected chi connectivity index (χ1v) is 8.50. The summed E-state index contributed by atoms with van der Waals surface area (Å²) in [6.45, 7) is 0.538. The molecule has 130 valence electrons. The third kappa shape index (κ3) is 4.84. The van der Waals surface area contributed by atoms with Crippen LogP contribution in [0.1, 0.15) is 11.1 Å². The van der Waals surface area contributed by atoms with Crippen LogP contribution >= 0.6 is 0 Å². The molecule has 0 atom stereocenters. The van der Waals surface area contributed by atoms with Crippen LogP contribution in [0.15, 0.2) is 91.0 Å². The van der Waals surface area contributed by atoms with Crippen LogP contribution in [0, 0.1) is 0 Å². The number of amides is 1. The predicted octanol–water partition coefficient (Wildman–Crippen LogP) is 4.94. The monoisotopic (exact) mass is 343 g/mol. The van der Waals surface area contributed by atoms with Crippen molar-refractivity contribution in [3.63, 3.8) is 0 Å². The molecule has 0 saturated carbocycles. The van der Waals surface area contributed by atoms with Gasteiger partial charge in [0.15, 0.2) is 0 Å². The number of anilines is 1. The van der Waals surface area contributed by atoms with E-state index in [2.05, 4.69) is 0 Å². The number of rotatable bonds is 6. The second-order valence-corrected chi connectivity index (χ2v) is 5.91. The molecule has 3 nitrogen and oxygen atoms in total. The second kappa shape index (κ2) is 8.67. The highest BCUT2D eigenvalue weighted by molar-refractivity contribution is 6.03. The van der Waals surface area contributed by atoms with Gasteiger partial charge in [-0.1, -0.05) is 60.7 Å². The highest BCUT2D eigenvalue weighted by Gasteiger charge is 2.06. The Bertz CT molecular complexity index is 856.